The molecule has 1 aliphatic heterocycles. The van der Waals surface area contributed by atoms with Gasteiger partial charge in [0.05, 0.1) is 34.0 Å². The van der Waals surface area contributed by atoms with Gasteiger partial charge in [-0.3, -0.25) is 9.59 Å². The number of hydrogen-bond acceptors (Lipinski definition) is 6. The fourth-order valence-electron chi connectivity index (χ4n) is 5.38. The number of sulfone groups is 1. The van der Waals surface area contributed by atoms with E-state index >= 15 is 0 Å². The molecule has 4 rings (SSSR count). The second-order valence-electron chi connectivity index (χ2n) is 10.8. The second kappa shape index (κ2) is 13.8. The molecule has 1 saturated heterocycles. The van der Waals surface area contributed by atoms with Crippen molar-refractivity contribution in [2.45, 2.75) is 55.8 Å². The van der Waals surface area contributed by atoms with E-state index in [2.05, 4.69) is 21.3 Å². The van der Waals surface area contributed by atoms with Crippen molar-refractivity contribution in [2.75, 3.05) is 37.2 Å². The molecule has 4 N–H and O–H groups in total. The number of alkyl halides is 3. The maximum atomic E-state index is 13.4. The van der Waals surface area contributed by atoms with Crippen LogP contribution in [-0.4, -0.2) is 75.2 Å². The molecule has 1 saturated carbocycles. The minimum Gasteiger partial charge on any atom is -0.352 e. The standard InChI is InChI=1S/C29H36F3N5O5S/c1-2-33-24-12-10-21(15-19(24)18-43(41,42)22-7-4-3-5-8-22)35-26(38)17-34-27(39)23-16-20(29(30,31)32)9-11-25(23)36-28(40)37-13-6-14-37/h3-5,7-9,11,16,19,21,24,33H,2,6,10,12-15,17-18H2,1H3,(H,34,39)(H,35,38)(H,36,40)/t19-,21+,24-/m1/s1. The Morgan fingerprint density at radius 2 is 1.74 bits per heavy atom. The number of hydrogen-bond donors (Lipinski definition) is 4. The predicted octanol–water partition coefficient (Wildman–Crippen LogP) is 3.41. The molecule has 0 aromatic heterocycles. The van der Waals surface area contributed by atoms with Crippen LogP contribution in [0.5, 0.6) is 0 Å². The highest BCUT2D eigenvalue weighted by Crippen LogP contribution is 2.32. The van der Waals surface area contributed by atoms with Crippen LogP contribution in [0.25, 0.3) is 0 Å². The van der Waals surface area contributed by atoms with Crippen molar-refractivity contribution in [3.8, 4) is 0 Å². The van der Waals surface area contributed by atoms with Crippen LogP contribution < -0.4 is 21.3 Å². The average molecular weight is 624 g/mol. The minimum absolute atomic E-state index is 0.0536. The zero-order valence-electron chi connectivity index (χ0n) is 23.7. The van der Waals surface area contributed by atoms with Crippen LogP contribution in [-0.2, 0) is 20.8 Å². The number of nitrogens with zero attached hydrogens (tertiary/aromatic N) is 1. The van der Waals surface area contributed by atoms with Gasteiger partial charge < -0.3 is 26.2 Å². The summed E-state index contributed by atoms with van der Waals surface area (Å²) in [6.45, 7) is 3.08. The van der Waals surface area contributed by atoms with Crippen LogP contribution in [0.1, 0.15) is 48.5 Å². The summed E-state index contributed by atoms with van der Waals surface area (Å²) in [6.07, 6.45) is -2.31. The fourth-order valence-corrected chi connectivity index (χ4v) is 7.08. The van der Waals surface area contributed by atoms with E-state index in [0.717, 1.165) is 18.6 Å². The molecule has 2 aliphatic rings. The Hall–Kier alpha value is -3.65. The highest BCUT2D eigenvalue weighted by Gasteiger charge is 2.35. The van der Waals surface area contributed by atoms with Gasteiger partial charge in [0.25, 0.3) is 5.91 Å². The second-order valence-corrected chi connectivity index (χ2v) is 12.8. The Kier molecular flexibility index (Phi) is 10.3. The number of carbonyl (C=O) groups excluding carboxylic acids is 3. The molecule has 0 spiro atoms. The molecule has 43 heavy (non-hydrogen) atoms. The van der Waals surface area contributed by atoms with Crippen molar-refractivity contribution < 1.29 is 36.0 Å². The van der Waals surface area contributed by atoms with Gasteiger partial charge in [-0.05, 0) is 68.5 Å². The third-order valence-electron chi connectivity index (χ3n) is 7.74. The maximum Gasteiger partial charge on any atom is 0.416 e. The smallest absolute Gasteiger partial charge is 0.352 e. The summed E-state index contributed by atoms with van der Waals surface area (Å²) in [6, 6.07) is 9.65. The monoisotopic (exact) mass is 623 g/mol. The van der Waals surface area contributed by atoms with Crippen molar-refractivity contribution >= 4 is 33.4 Å². The van der Waals surface area contributed by atoms with Crippen LogP contribution in [0.3, 0.4) is 0 Å². The van der Waals surface area contributed by atoms with E-state index in [1.54, 1.807) is 30.3 Å². The summed E-state index contributed by atoms with van der Waals surface area (Å²) in [5.74, 6) is -1.90. The lowest BCUT2D eigenvalue weighted by atomic mass is 9.82. The van der Waals surface area contributed by atoms with Crippen molar-refractivity contribution in [1.29, 1.82) is 0 Å². The Bertz CT molecular complexity index is 1420. The normalized spacial score (nSPS) is 20.6. The lowest BCUT2D eigenvalue weighted by Crippen LogP contribution is -2.50. The average Bonchev–Trinajstić information content (AvgIpc) is 2.92. The molecule has 0 radical (unpaired) electrons. The number of urea groups is 1. The first-order valence-electron chi connectivity index (χ1n) is 14.2. The van der Waals surface area contributed by atoms with Gasteiger partial charge in [0.2, 0.25) is 5.91 Å². The number of likely N-dealkylation sites (tertiary alicyclic amines) is 1. The Morgan fingerprint density at radius 3 is 2.37 bits per heavy atom. The van der Waals surface area contributed by atoms with Gasteiger partial charge in [-0.2, -0.15) is 13.2 Å². The van der Waals surface area contributed by atoms with Gasteiger partial charge in [0, 0.05) is 25.2 Å². The molecule has 1 heterocycles. The fraction of sp³-hybridized carbons (Fsp3) is 0.483. The van der Waals surface area contributed by atoms with E-state index in [9.17, 15) is 36.0 Å². The molecular weight excluding hydrogens is 587 g/mol. The number of benzene rings is 2. The van der Waals surface area contributed by atoms with Crippen molar-refractivity contribution in [2.24, 2.45) is 5.92 Å². The SMILES string of the molecule is CCN[C@@H]1CC[C@H](NC(=O)CNC(=O)c2cc(C(F)(F)F)ccc2NC(=O)N2CCC2)C[C@@H]1CS(=O)(=O)c1ccccc1. The number of amides is 4. The number of carbonyl (C=O) groups is 3. The van der Waals surface area contributed by atoms with Gasteiger partial charge in [0.1, 0.15) is 0 Å². The van der Waals surface area contributed by atoms with Crippen LogP contribution in [0, 0.1) is 5.92 Å². The highest BCUT2D eigenvalue weighted by atomic mass is 32.2. The molecule has 14 heteroatoms. The van der Waals surface area contributed by atoms with Crippen molar-refractivity contribution in [1.82, 2.24) is 20.9 Å². The van der Waals surface area contributed by atoms with E-state index in [0.29, 0.717) is 45.0 Å². The summed E-state index contributed by atoms with van der Waals surface area (Å²) in [5.41, 5.74) is -1.60. The zero-order chi connectivity index (χ0) is 31.2. The molecule has 4 amide bonds. The summed E-state index contributed by atoms with van der Waals surface area (Å²) < 4.78 is 66.2. The largest absolute Gasteiger partial charge is 0.416 e. The molecule has 2 aromatic rings. The van der Waals surface area contributed by atoms with Gasteiger partial charge in [-0.15, -0.1) is 0 Å². The third-order valence-corrected chi connectivity index (χ3v) is 9.59. The Labute approximate surface area is 248 Å². The number of rotatable bonds is 10. The van der Waals surface area contributed by atoms with E-state index in [1.165, 1.54) is 4.90 Å². The van der Waals surface area contributed by atoms with Crippen molar-refractivity contribution in [3.63, 3.8) is 0 Å². The first-order chi connectivity index (χ1) is 20.4. The van der Waals surface area contributed by atoms with E-state index in [4.69, 9.17) is 0 Å². The van der Waals surface area contributed by atoms with Gasteiger partial charge in [0.15, 0.2) is 9.84 Å². The summed E-state index contributed by atoms with van der Waals surface area (Å²) in [7, 11) is -3.57. The number of halogens is 3. The first-order valence-corrected chi connectivity index (χ1v) is 15.9. The van der Waals surface area contributed by atoms with E-state index < -0.39 is 51.5 Å². The van der Waals surface area contributed by atoms with Crippen molar-refractivity contribution in [3.05, 3.63) is 59.7 Å². The van der Waals surface area contributed by atoms with Gasteiger partial charge in [-0.25, -0.2) is 13.2 Å². The zero-order valence-corrected chi connectivity index (χ0v) is 24.6. The molecule has 2 fully saturated rings. The predicted molar refractivity (Wildman–Crippen MR) is 154 cm³/mol. The van der Waals surface area contributed by atoms with Crippen LogP contribution >= 0.6 is 0 Å². The highest BCUT2D eigenvalue weighted by molar-refractivity contribution is 7.91. The molecule has 0 bridgehead atoms. The van der Waals surface area contributed by atoms with Crippen LogP contribution in [0.4, 0.5) is 23.7 Å². The lowest BCUT2D eigenvalue weighted by Gasteiger charge is -2.37. The maximum absolute atomic E-state index is 13.4. The minimum atomic E-state index is -4.72. The first kappa shape index (κ1) is 32.3. The molecule has 2 aromatic carbocycles. The number of anilines is 1. The summed E-state index contributed by atoms with van der Waals surface area (Å²) in [4.78, 5) is 39.7. The quantitative estimate of drug-likeness (QED) is 0.320. The van der Waals surface area contributed by atoms with Gasteiger partial charge in [-0.1, -0.05) is 25.1 Å². The lowest BCUT2D eigenvalue weighted by molar-refractivity contribution is -0.137. The topological polar surface area (TPSA) is 137 Å². The van der Waals surface area contributed by atoms with Crippen LogP contribution in [0.15, 0.2) is 53.4 Å². The molecule has 3 atom stereocenters. The Morgan fingerprint density at radius 1 is 1.02 bits per heavy atom. The van der Waals surface area contributed by atoms with E-state index in [-0.39, 0.29) is 34.3 Å². The van der Waals surface area contributed by atoms with Gasteiger partial charge >= 0.3 is 12.2 Å². The molecule has 234 valence electrons. The third kappa shape index (κ3) is 8.47. The Balaban J connectivity index is 1.39. The van der Waals surface area contributed by atoms with Crippen LogP contribution in [0.2, 0.25) is 0 Å². The summed E-state index contributed by atoms with van der Waals surface area (Å²) >= 11 is 0. The molecule has 0 unspecified atom stereocenters. The summed E-state index contributed by atoms with van der Waals surface area (Å²) in [5, 5.41) is 11.0. The molecule has 1 aliphatic carbocycles. The molecular formula is C29H36F3N5O5S. The number of nitrogens with one attached hydrogen (secondary N) is 4. The molecule has 10 nitrogen and oxygen atoms in total. The van der Waals surface area contributed by atoms with E-state index in [1.807, 2.05) is 6.92 Å².